The molecular formula is C20H25N3O4S. The van der Waals surface area contributed by atoms with Gasteiger partial charge in [-0.25, -0.2) is 12.7 Å². The molecule has 2 aromatic rings. The molecule has 0 saturated heterocycles. The summed E-state index contributed by atoms with van der Waals surface area (Å²) in [6.45, 7) is 6.23. The lowest BCUT2D eigenvalue weighted by Gasteiger charge is -2.19. The zero-order chi connectivity index (χ0) is 21.1. The molecule has 2 rings (SSSR count). The van der Waals surface area contributed by atoms with Gasteiger partial charge in [-0.05, 0) is 41.3 Å². The average molecular weight is 404 g/mol. The second-order valence-electron chi connectivity index (χ2n) is 7.55. The van der Waals surface area contributed by atoms with Crippen molar-refractivity contribution in [2.75, 3.05) is 14.1 Å². The van der Waals surface area contributed by atoms with Crippen molar-refractivity contribution < 1.29 is 18.0 Å². The van der Waals surface area contributed by atoms with Crippen LogP contribution in [-0.2, 0) is 15.4 Å². The summed E-state index contributed by atoms with van der Waals surface area (Å²) in [6, 6.07) is 12.7. The van der Waals surface area contributed by atoms with Crippen LogP contribution in [0.1, 0.15) is 47.1 Å². The number of hydrogen-bond donors (Lipinski definition) is 2. The smallest absolute Gasteiger partial charge is 0.267 e. The molecule has 2 amide bonds. The van der Waals surface area contributed by atoms with Gasteiger partial charge in [0, 0.05) is 25.2 Å². The van der Waals surface area contributed by atoms with Crippen LogP contribution in [0.5, 0.6) is 0 Å². The highest BCUT2D eigenvalue weighted by Crippen LogP contribution is 2.22. The minimum atomic E-state index is -3.66. The third kappa shape index (κ3) is 4.96. The summed E-state index contributed by atoms with van der Waals surface area (Å²) in [4.78, 5) is 24.5. The highest BCUT2D eigenvalue weighted by Gasteiger charge is 2.19. The maximum Gasteiger partial charge on any atom is 0.269 e. The van der Waals surface area contributed by atoms with E-state index in [-0.39, 0.29) is 15.9 Å². The fourth-order valence-electron chi connectivity index (χ4n) is 2.39. The van der Waals surface area contributed by atoms with Crippen molar-refractivity contribution in [2.45, 2.75) is 31.1 Å². The van der Waals surface area contributed by atoms with E-state index in [0.717, 1.165) is 9.87 Å². The second kappa shape index (κ2) is 8.12. The zero-order valence-electron chi connectivity index (χ0n) is 16.6. The molecule has 0 fully saturated rings. The molecule has 0 heterocycles. The number of carbonyl (C=O) groups excluding carboxylic acids is 2. The molecule has 0 radical (unpaired) electrons. The van der Waals surface area contributed by atoms with E-state index in [1.54, 1.807) is 12.1 Å². The average Bonchev–Trinajstić information content (AvgIpc) is 2.65. The fourth-order valence-corrected chi connectivity index (χ4v) is 3.34. The van der Waals surface area contributed by atoms with Gasteiger partial charge in [0.25, 0.3) is 11.8 Å². The van der Waals surface area contributed by atoms with Crippen LogP contribution in [0.25, 0.3) is 0 Å². The van der Waals surface area contributed by atoms with Crippen molar-refractivity contribution >= 4 is 21.8 Å². The molecule has 0 aliphatic rings. The van der Waals surface area contributed by atoms with E-state index in [9.17, 15) is 18.0 Å². The molecular weight excluding hydrogens is 378 g/mol. The molecule has 28 heavy (non-hydrogen) atoms. The Bertz CT molecular complexity index is 975. The second-order valence-corrected chi connectivity index (χ2v) is 9.70. The van der Waals surface area contributed by atoms with Crippen molar-refractivity contribution in [3.63, 3.8) is 0 Å². The van der Waals surface area contributed by atoms with Gasteiger partial charge in [0.05, 0.1) is 4.90 Å². The Hall–Kier alpha value is -2.71. The quantitative estimate of drug-likeness (QED) is 0.766. The number of nitrogens with one attached hydrogen (secondary N) is 2. The normalized spacial score (nSPS) is 11.9. The monoisotopic (exact) mass is 403 g/mol. The minimum Gasteiger partial charge on any atom is -0.267 e. The number of hydrazine groups is 1. The Labute approximate surface area is 165 Å². The van der Waals surface area contributed by atoms with Crippen molar-refractivity contribution in [1.29, 1.82) is 0 Å². The predicted molar refractivity (Wildman–Crippen MR) is 107 cm³/mol. The molecule has 0 atom stereocenters. The van der Waals surface area contributed by atoms with E-state index >= 15 is 0 Å². The number of sulfonamides is 1. The van der Waals surface area contributed by atoms with Crippen molar-refractivity contribution in [3.05, 3.63) is 65.2 Å². The van der Waals surface area contributed by atoms with E-state index in [4.69, 9.17) is 0 Å². The molecule has 8 heteroatoms. The van der Waals surface area contributed by atoms with Gasteiger partial charge < -0.3 is 0 Å². The largest absolute Gasteiger partial charge is 0.269 e. The van der Waals surface area contributed by atoms with Crippen molar-refractivity contribution in [1.82, 2.24) is 15.2 Å². The Morgan fingerprint density at radius 2 is 1.39 bits per heavy atom. The van der Waals surface area contributed by atoms with E-state index < -0.39 is 21.8 Å². The highest BCUT2D eigenvalue weighted by molar-refractivity contribution is 7.89. The van der Waals surface area contributed by atoms with Gasteiger partial charge in [-0.3, -0.25) is 20.4 Å². The first kappa shape index (κ1) is 21.6. The number of nitrogens with zero attached hydrogens (tertiary/aromatic N) is 1. The molecule has 150 valence electrons. The molecule has 0 aliphatic heterocycles. The summed E-state index contributed by atoms with van der Waals surface area (Å²) < 4.78 is 25.4. The van der Waals surface area contributed by atoms with Gasteiger partial charge in [0.1, 0.15) is 0 Å². The van der Waals surface area contributed by atoms with Gasteiger partial charge in [-0.1, -0.05) is 39.0 Å². The first-order valence-corrected chi connectivity index (χ1v) is 10.1. The molecule has 0 aromatic heterocycles. The van der Waals surface area contributed by atoms with Gasteiger partial charge in [-0.15, -0.1) is 0 Å². The van der Waals surface area contributed by atoms with Crippen LogP contribution in [0.4, 0.5) is 0 Å². The lowest BCUT2D eigenvalue weighted by Crippen LogP contribution is -2.41. The topological polar surface area (TPSA) is 95.6 Å². The number of carbonyl (C=O) groups is 2. The Morgan fingerprint density at radius 1 is 0.857 bits per heavy atom. The van der Waals surface area contributed by atoms with E-state index in [0.29, 0.717) is 5.56 Å². The molecule has 2 aromatic carbocycles. The lowest BCUT2D eigenvalue weighted by molar-refractivity contribution is 0.0846. The predicted octanol–water partition coefficient (Wildman–Crippen LogP) is 2.31. The van der Waals surface area contributed by atoms with Crippen molar-refractivity contribution in [2.24, 2.45) is 0 Å². The molecule has 0 aliphatic carbocycles. The molecule has 0 unspecified atom stereocenters. The zero-order valence-corrected chi connectivity index (χ0v) is 17.4. The van der Waals surface area contributed by atoms with Crippen molar-refractivity contribution in [3.8, 4) is 0 Å². The third-order valence-corrected chi connectivity index (χ3v) is 5.99. The third-order valence-electron chi connectivity index (χ3n) is 4.18. The summed E-state index contributed by atoms with van der Waals surface area (Å²) in [5.74, 6) is -1.08. The van der Waals surface area contributed by atoms with Crippen LogP contribution < -0.4 is 10.9 Å². The molecule has 7 nitrogen and oxygen atoms in total. The Kier molecular flexibility index (Phi) is 6.26. The van der Waals surface area contributed by atoms with Crippen LogP contribution >= 0.6 is 0 Å². The number of hydrogen-bond acceptors (Lipinski definition) is 4. The standard InChI is InChI=1S/C20H25N3O4S/c1-20(2,3)16-11-9-14(10-12-16)18(24)21-22-19(25)15-7-6-8-17(13-15)28(26,27)23(4)5/h6-13H,1-5H3,(H,21,24)(H,22,25). The molecule has 0 bridgehead atoms. The van der Waals surface area contributed by atoms with Crippen LogP contribution in [-0.4, -0.2) is 38.6 Å². The van der Waals surface area contributed by atoms with Gasteiger partial charge in [-0.2, -0.15) is 0 Å². The fraction of sp³-hybridized carbons (Fsp3) is 0.300. The maximum atomic E-state index is 12.3. The molecule has 0 spiro atoms. The maximum absolute atomic E-state index is 12.3. The van der Waals surface area contributed by atoms with Gasteiger partial charge in [0.15, 0.2) is 0 Å². The Balaban J connectivity index is 2.07. The minimum absolute atomic E-state index is 0.00533. The Morgan fingerprint density at radius 3 is 1.89 bits per heavy atom. The van der Waals surface area contributed by atoms with E-state index in [1.807, 2.05) is 12.1 Å². The van der Waals surface area contributed by atoms with Crippen LogP contribution in [0.15, 0.2) is 53.4 Å². The van der Waals surface area contributed by atoms with Crippen LogP contribution in [0.3, 0.4) is 0 Å². The lowest BCUT2D eigenvalue weighted by atomic mass is 9.87. The summed E-state index contributed by atoms with van der Waals surface area (Å²) in [5, 5.41) is 0. The molecule has 0 saturated carbocycles. The summed E-state index contributed by atoms with van der Waals surface area (Å²) in [6.07, 6.45) is 0. The summed E-state index contributed by atoms with van der Waals surface area (Å²) in [5.41, 5.74) is 6.22. The number of benzene rings is 2. The first-order valence-electron chi connectivity index (χ1n) is 8.67. The first-order chi connectivity index (χ1) is 12.9. The van der Waals surface area contributed by atoms with Gasteiger partial charge in [0.2, 0.25) is 10.0 Å². The SMILES string of the molecule is CN(C)S(=O)(=O)c1cccc(C(=O)NNC(=O)c2ccc(C(C)(C)C)cc2)c1. The van der Waals surface area contributed by atoms with Crippen LogP contribution in [0, 0.1) is 0 Å². The number of rotatable bonds is 4. The van der Waals surface area contributed by atoms with Gasteiger partial charge >= 0.3 is 0 Å². The van der Waals surface area contributed by atoms with Crippen LogP contribution in [0.2, 0.25) is 0 Å². The van der Waals surface area contributed by atoms with E-state index in [2.05, 4.69) is 31.6 Å². The molecule has 2 N–H and O–H groups in total. The van der Waals surface area contributed by atoms with E-state index in [1.165, 1.54) is 38.4 Å². The summed E-state index contributed by atoms with van der Waals surface area (Å²) in [7, 11) is -0.838. The number of amides is 2. The summed E-state index contributed by atoms with van der Waals surface area (Å²) >= 11 is 0. The highest BCUT2D eigenvalue weighted by atomic mass is 32.2.